The molecule has 0 saturated carbocycles. The lowest BCUT2D eigenvalue weighted by atomic mass is 10.0. The van der Waals surface area contributed by atoms with Gasteiger partial charge in [-0.2, -0.15) is 18.3 Å². The van der Waals surface area contributed by atoms with E-state index in [1.165, 1.54) is 37.8 Å². The minimum atomic E-state index is -4.66. The molecule has 0 bridgehead atoms. The number of rotatable bonds is 3. The number of hydrogen-bond acceptors (Lipinski definition) is 4. The van der Waals surface area contributed by atoms with Crippen LogP contribution in [0.5, 0.6) is 0 Å². The molecular formula is C14H16F3N5O. The van der Waals surface area contributed by atoms with Gasteiger partial charge >= 0.3 is 6.18 Å². The maximum atomic E-state index is 13.5. The molecule has 0 aliphatic carbocycles. The van der Waals surface area contributed by atoms with Crippen LogP contribution in [0, 0.1) is 20.8 Å². The first-order valence-corrected chi connectivity index (χ1v) is 6.78. The second-order valence-electron chi connectivity index (χ2n) is 5.15. The average Bonchev–Trinajstić information content (AvgIpc) is 2.69. The summed E-state index contributed by atoms with van der Waals surface area (Å²) >= 11 is 0. The molecule has 2 rings (SSSR count). The number of aryl methyl sites for hydroxylation is 3. The van der Waals surface area contributed by atoms with Crippen molar-refractivity contribution in [2.75, 3.05) is 0 Å². The van der Waals surface area contributed by atoms with Gasteiger partial charge in [-0.1, -0.05) is 0 Å². The highest BCUT2D eigenvalue weighted by Crippen LogP contribution is 2.36. The Labute approximate surface area is 130 Å². The van der Waals surface area contributed by atoms with Crippen molar-refractivity contribution < 1.29 is 18.0 Å². The lowest BCUT2D eigenvalue weighted by Crippen LogP contribution is -2.39. The van der Waals surface area contributed by atoms with E-state index in [1.54, 1.807) is 7.05 Å². The van der Waals surface area contributed by atoms with Crippen molar-refractivity contribution in [3.05, 3.63) is 40.7 Å². The first kappa shape index (κ1) is 16.9. The van der Waals surface area contributed by atoms with E-state index in [0.717, 1.165) is 0 Å². The van der Waals surface area contributed by atoms with Crippen molar-refractivity contribution in [3.8, 4) is 0 Å². The fraction of sp³-hybridized carbons (Fsp3) is 0.429. The molecule has 6 nitrogen and oxygen atoms in total. The highest BCUT2D eigenvalue weighted by molar-refractivity contribution is 5.93. The van der Waals surface area contributed by atoms with Gasteiger partial charge in [0.2, 0.25) is 0 Å². The van der Waals surface area contributed by atoms with Gasteiger partial charge in [0.25, 0.3) is 5.91 Å². The van der Waals surface area contributed by atoms with Crippen molar-refractivity contribution in [2.24, 2.45) is 7.05 Å². The van der Waals surface area contributed by atoms with E-state index in [0.29, 0.717) is 5.69 Å². The van der Waals surface area contributed by atoms with Crippen LogP contribution in [-0.2, 0) is 7.05 Å². The van der Waals surface area contributed by atoms with Crippen molar-refractivity contribution in [1.29, 1.82) is 0 Å². The second kappa shape index (κ2) is 5.98. The quantitative estimate of drug-likeness (QED) is 0.938. The van der Waals surface area contributed by atoms with Crippen LogP contribution in [0.25, 0.3) is 0 Å². The summed E-state index contributed by atoms with van der Waals surface area (Å²) in [6.45, 7) is 4.50. The molecule has 9 heteroatoms. The molecule has 2 aromatic heterocycles. The summed E-state index contributed by atoms with van der Waals surface area (Å²) in [7, 11) is 1.55. The molecule has 23 heavy (non-hydrogen) atoms. The fourth-order valence-corrected chi connectivity index (χ4v) is 2.36. The summed E-state index contributed by atoms with van der Waals surface area (Å²) < 4.78 is 41.7. The molecule has 124 valence electrons. The number of nitrogens with one attached hydrogen (secondary N) is 1. The molecule has 2 aromatic rings. The third kappa shape index (κ3) is 3.33. The summed E-state index contributed by atoms with van der Waals surface area (Å²) in [5, 5.41) is 5.99. The zero-order valence-corrected chi connectivity index (χ0v) is 13.1. The summed E-state index contributed by atoms with van der Waals surface area (Å²) in [6, 6.07) is -2.16. The smallest absolute Gasteiger partial charge is 0.335 e. The molecule has 0 radical (unpaired) electrons. The number of hydrogen-bond donors (Lipinski definition) is 1. The van der Waals surface area contributed by atoms with E-state index in [4.69, 9.17) is 0 Å². The Morgan fingerprint density at radius 2 is 1.78 bits per heavy atom. The third-order valence-corrected chi connectivity index (χ3v) is 3.55. The van der Waals surface area contributed by atoms with Crippen molar-refractivity contribution in [1.82, 2.24) is 25.1 Å². The fourth-order valence-electron chi connectivity index (χ4n) is 2.36. The van der Waals surface area contributed by atoms with Crippen LogP contribution in [0.3, 0.4) is 0 Å². The Balaban J connectivity index is 2.42. The maximum Gasteiger partial charge on any atom is 0.413 e. The molecule has 0 spiro atoms. The SMILES string of the molecule is Cc1nccnc1C(=O)NC(c1c(C)nn(C)c1C)C(F)(F)F. The van der Waals surface area contributed by atoms with Crippen molar-refractivity contribution >= 4 is 5.91 Å². The van der Waals surface area contributed by atoms with Gasteiger partial charge in [0.05, 0.1) is 11.4 Å². The predicted octanol–water partition coefficient (Wildman–Crippen LogP) is 2.17. The number of aromatic nitrogens is 4. The Kier molecular flexibility index (Phi) is 4.39. The highest BCUT2D eigenvalue weighted by Gasteiger charge is 2.44. The zero-order valence-electron chi connectivity index (χ0n) is 13.1. The molecular weight excluding hydrogens is 311 g/mol. The molecule has 0 saturated heterocycles. The maximum absolute atomic E-state index is 13.5. The van der Waals surface area contributed by atoms with Crippen LogP contribution >= 0.6 is 0 Å². The van der Waals surface area contributed by atoms with Gasteiger partial charge in [-0.25, -0.2) is 4.98 Å². The number of amides is 1. The molecule has 0 fully saturated rings. The first-order chi connectivity index (χ1) is 10.6. The first-order valence-electron chi connectivity index (χ1n) is 6.78. The molecule has 0 aromatic carbocycles. The lowest BCUT2D eigenvalue weighted by molar-refractivity contribution is -0.155. The average molecular weight is 327 g/mol. The minimum absolute atomic E-state index is 0.0603. The molecule has 2 heterocycles. The van der Waals surface area contributed by atoms with Gasteiger partial charge in [0.15, 0.2) is 6.04 Å². The number of carbonyl (C=O) groups excluding carboxylic acids is 1. The summed E-state index contributed by atoms with van der Waals surface area (Å²) in [6.07, 6.45) is -2.04. The van der Waals surface area contributed by atoms with Crippen LogP contribution in [0.2, 0.25) is 0 Å². The van der Waals surface area contributed by atoms with Gasteiger partial charge in [-0.3, -0.25) is 14.5 Å². The van der Waals surface area contributed by atoms with Gasteiger partial charge in [0, 0.05) is 30.7 Å². The van der Waals surface area contributed by atoms with E-state index < -0.39 is 18.1 Å². The van der Waals surface area contributed by atoms with E-state index in [9.17, 15) is 18.0 Å². The second-order valence-corrected chi connectivity index (χ2v) is 5.15. The van der Waals surface area contributed by atoms with Gasteiger partial charge < -0.3 is 5.32 Å². The number of halogens is 3. The van der Waals surface area contributed by atoms with E-state index in [1.807, 2.05) is 5.32 Å². The molecule has 1 atom stereocenters. The molecule has 1 amide bonds. The topological polar surface area (TPSA) is 72.7 Å². The predicted molar refractivity (Wildman–Crippen MR) is 75.7 cm³/mol. The Bertz CT molecular complexity index is 738. The number of alkyl halides is 3. The Morgan fingerprint density at radius 1 is 1.17 bits per heavy atom. The minimum Gasteiger partial charge on any atom is -0.335 e. The van der Waals surface area contributed by atoms with E-state index >= 15 is 0 Å². The number of nitrogens with zero attached hydrogens (tertiary/aromatic N) is 4. The molecule has 0 aliphatic rings. The van der Waals surface area contributed by atoms with Crippen LogP contribution in [-0.4, -0.2) is 31.8 Å². The van der Waals surface area contributed by atoms with E-state index in [2.05, 4.69) is 15.1 Å². The zero-order chi connectivity index (χ0) is 17.4. The summed E-state index contributed by atoms with van der Waals surface area (Å²) in [4.78, 5) is 19.8. The van der Waals surface area contributed by atoms with Gasteiger partial charge in [-0.15, -0.1) is 0 Å². The van der Waals surface area contributed by atoms with E-state index in [-0.39, 0.29) is 22.6 Å². The summed E-state index contributed by atoms with van der Waals surface area (Å²) in [5.41, 5.74) is 0.603. The normalized spacial score (nSPS) is 13.0. The number of carbonyl (C=O) groups is 1. The monoisotopic (exact) mass is 327 g/mol. The van der Waals surface area contributed by atoms with Crippen LogP contribution < -0.4 is 5.32 Å². The Hall–Kier alpha value is -2.45. The molecule has 0 aliphatic heterocycles. The van der Waals surface area contributed by atoms with Crippen molar-refractivity contribution in [2.45, 2.75) is 33.0 Å². The standard InChI is InChI=1S/C14H16F3N5O/c1-7-10(9(3)22(4)21-7)12(14(15,16)17)20-13(23)11-8(2)18-5-6-19-11/h5-6,12H,1-4H3,(H,20,23). The molecule has 1 N–H and O–H groups in total. The molecule has 1 unspecified atom stereocenters. The summed E-state index contributed by atoms with van der Waals surface area (Å²) in [5.74, 6) is -0.930. The largest absolute Gasteiger partial charge is 0.413 e. The van der Waals surface area contributed by atoms with Crippen molar-refractivity contribution in [3.63, 3.8) is 0 Å². The Morgan fingerprint density at radius 3 is 2.26 bits per heavy atom. The van der Waals surface area contributed by atoms with Crippen LogP contribution in [0.4, 0.5) is 13.2 Å². The van der Waals surface area contributed by atoms with Crippen LogP contribution in [0.1, 0.15) is 39.2 Å². The van der Waals surface area contributed by atoms with Gasteiger partial charge in [-0.05, 0) is 20.8 Å². The van der Waals surface area contributed by atoms with Gasteiger partial charge in [0.1, 0.15) is 5.69 Å². The highest BCUT2D eigenvalue weighted by atomic mass is 19.4. The van der Waals surface area contributed by atoms with Crippen LogP contribution in [0.15, 0.2) is 12.4 Å². The third-order valence-electron chi connectivity index (χ3n) is 3.55. The lowest BCUT2D eigenvalue weighted by Gasteiger charge is -2.22.